The zero-order valence-electron chi connectivity index (χ0n) is 10.4. The van der Waals surface area contributed by atoms with Gasteiger partial charge in [-0.05, 0) is 47.2 Å². The lowest BCUT2D eigenvalue weighted by atomic mass is 9.74. The van der Waals surface area contributed by atoms with E-state index in [1.807, 2.05) is 12.1 Å². The summed E-state index contributed by atoms with van der Waals surface area (Å²) in [4.78, 5) is 0. The number of rotatable bonds is 2. The maximum Gasteiger partial charge on any atom is 0.0222 e. The van der Waals surface area contributed by atoms with Gasteiger partial charge in [-0.3, -0.25) is 0 Å². The lowest BCUT2D eigenvalue weighted by Gasteiger charge is -2.28. The zero-order chi connectivity index (χ0) is 11.9. The third-order valence-electron chi connectivity index (χ3n) is 4.17. The van der Waals surface area contributed by atoms with Gasteiger partial charge in [0.1, 0.15) is 0 Å². The Kier molecular flexibility index (Phi) is 2.32. The van der Waals surface area contributed by atoms with Gasteiger partial charge < -0.3 is 0 Å². The second kappa shape index (κ2) is 3.73. The van der Waals surface area contributed by atoms with Crippen LogP contribution in [0.1, 0.15) is 37.8 Å². The molecule has 0 fully saturated rings. The minimum absolute atomic E-state index is 0.132. The van der Waals surface area contributed by atoms with Crippen molar-refractivity contribution < 1.29 is 0 Å². The highest BCUT2D eigenvalue weighted by molar-refractivity contribution is 5.80. The van der Waals surface area contributed by atoms with Crippen LogP contribution < -0.4 is 0 Å². The third-order valence-corrected chi connectivity index (χ3v) is 4.17. The molecule has 2 aromatic carbocycles. The Labute approximate surface area is 103 Å². The SMILES string of the molecule is CCC1(CC)c2[c]cccc2-c2ccc[c]c21. The van der Waals surface area contributed by atoms with E-state index in [4.69, 9.17) is 0 Å². The van der Waals surface area contributed by atoms with Gasteiger partial charge in [0.25, 0.3) is 0 Å². The molecular formula is C17H16. The largest absolute Gasteiger partial charge is 0.0642 e. The van der Waals surface area contributed by atoms with Crippen molar-refractivity contribution in [2.45, 2.75) is 32.1 Å². The topological polar surface area (TPSA) is 0 Å². The normalized spacial score (nSPS) is 15.4. The van der Waals surface area contributed by atoms with E-state index >= 15 is 0 Å². The van der Waals surface area contributed by atoms with Gasteiger partial charge in [-0.15, -0.1) is 0 Å². The quantitative estimate of drug-likeness (QED) is 0.704. The number of fused-ring (bicyclic) bond motifs is 3. The second-order valence-electron chi connectivity index (χ2n) is 4.71. The molecule has 1 aliphatic rings. The minimum Gasteiger partial charge on any atom is -0.0642 e. The van der Waals surface area contributed by atoms with Crippen molar-refractivity contribution in [2.24, 2.45) is 0 Å². The molecule has 3 rings (SSSR count). The zero-order valence-corrected chi connectivity index (χ0v) is 10.4. The van der Waals surface area contributed by atoms with Crippen LogP contribution in [0.3, 0.4) is 0 Å². The molecule has 0 N–H and O–H groups in total. The van der Waals surface area contributed by atoms with Crippen LogP contribution in [0.2, 0.25) is 0 Å². The number of hydrogen-bond donors (Lipinski definition) is 0. The third kappa shape index (κ3) is 1.24. The van der Waals surface area contributed by atoms with Crippen molar-refractivity contribution in [1.29, 1.82) is 0 Å². The van der Waals surface area contributed by atoms with E-state index in [2.05, 4.69) is 50.2 Å². The molecule has 0 aliphatic heterocycles. The molecule has 0 atom stereocenters. The lowest BCUT2D eigenvalue weighted by Crippen LogP contribution is -2.23. The van der Waals surface area contributed by atoms with Crippen LogP contribution in [0.5, 0.6) is 0 Å². The van der Waals surface area contributed by atoms with Gasteiger partial charge in [0.05, 0.1) is 0 Å². The first-order chi connectivity index (χ1) is 8.33. The molecule has 84 valence electrons. The van der Waals surface area contributed by atoms with Crippen molar-refractivity contribution in [3.63, 3.8) is 0 Å². The van der Waals surface area contributed by atoms with E-state index < -0.39 is 0 Å². The fraction of sp³-hybridized carbons (Fsp3) is 0.294. The second-order valence-corrected chi connectivity index (χ2v) is 4.71. The first-order valence-electron chi connectivity index (χ1n) is 6.36. The van der Waals surface area contributed by atoms with Crippen LogP contribution in [-0.2, 0) is 5.41 Å². The monoisotopic (exact) mass is 220 g/mol. The smallest absolute Gasteiger partial charge is 0.0222 e. The Balaban J connectivity index is 2.38. The summed E-state index contributed by atoms with van der Waals surface area (Å²) in [5.41, 5.74) is 5.56. The predicted molar refractivity (Wildman–Crippen MR) is 70.9 cm³/mol. The molecule has 0 saturated carbocycles. The summed E-state index contributed by atoms with van der Waals surface area (Å²) < 4.78 is 0. The van der Waals surface area contributed by atoms with Crippen LogP contribution in [0.4, 0.5) is 0 Å². The molecule has 2 aromatic rings. The number of hydrogen-bond acceptors (Lipinski definition) is 0. The molecule has 0 nitrogen and oxygen atoms in total. The van der Waals surface area contributed by atoms with Crippen LogP contribution in [0.15, 0.2) is 36.4 Å². The molecule has 0 heterocycles. The highest BCUT2D eigenvalue weighted by Gasteiger charge is 2.40. The van der Waals surface area contributed by atoms with Gasteiger partial charge in [-0.25, -0.2) is 0 Å². The fourth-order valence-corrected chi connectivity index (χ4v) is 3.20. The van der Waals surface area contributed by atoms with E-state index in [1.165, 1.54) is 22.3 Å². The van der Waals surface area contributed by atoms with Crippen molar-refractivity contribution in [3.8, 4) is 11.1 Å². The molecule has 17 heavy (non-hydrogen) atoms. The van der Waals surface area contributed by atoms with E-state index in [1.54, 1.807) is 0 Å². The highest BCUT2D eigenvalue weighted by Crippen LogP contribution is 2.51. The summed E-state index contributed by atoms with van der Waals surface area (Å²) in [6.45, 7) is 4.54. The van der Waals surface area contributed by atoms with Crippen molar-refractivity contribution >= 4 is 0 Å². The summed E-state index contributed by atoms with van der Waals surface area (Å²) in [6, 6.07) is 19.6. The Morgan fingerprint density at radius 1 is 0.882 bits per heavy atom. The summed E-state index contributed by atoms with van der Waals surface area (Å²) in [6.07, 6.45) is 2.23. The summed E-state index contributed by atoms with van der Waals surface area (Å²) in [5, 5.41) is 0. The van der Waals surface area contributed by atoms with Crippen LogP contribution in [0, 0.1) is 12.1 Å². The van der Waals surface area contributed by atoms with Crippen LogP contribution >= 0.6 is 0 Å². The molecule has 2 radical (unpaired) electrons. The molecule has 0 unspecified atom stereocenters. The van der Waals surface area contributed by atoms with E-state index in [0.29, 0.717) is 0 Å². The average Bonchev–Trinajstić information content (AvgIpc) is 2.70. The maximum atomic E-state index is 3.47. The molecule has 0 amide bonds. The van der Waals surface area contributed by atoms with Gasteiger partial charge in [0.15, 0.2) is 0 Å². The first-order valence-corrected chi connectivity index (χ1v) is 6.36. The maximum absolute atomic E-state index is 3.47. The van der Waals surface area contributed by atoms with Gasteiger partial charge in [-0.1, -0.05) is 50.2 Å². The lowest BCUT2D eigenvalue weighted by molar-refractivity contribution is 0.489. The van der Waals surface area contributed by atoms with Gasteiger partial charge in [0, 0.05) is 5.41 Å². The van der Waals surface area contributed by atoms with Crippen molar-refractivity contribution in [2.75, 3.05) is 0 Å². The van der Waals surface area contributed by atoms with E-state index in [9.17, 15) is 0 Å². The standard InChI is InChI=1S/C17H16/c1-3-17(4-2)15-11-7-5-9-13(15)14-10-6-8-12-16(14)17/h5-10H,3-4H2,1-2H3. The van der Waals surface area contributed by atoms with Crippen LogP contribution in [0.25, 0.3) is 11.1 Å². The molecule has 0 bridgehead atoms. The molecule has 0 heteroatoms. The summed E-state index contributed by atoms with van der Waals surface area (Å²) in [7, 11) is 0. The van der Waals surface area contributed by atoms with Gasteiger partial charge >= 0.3 is 0 Å². The minimum atomic E-state index is 0.132. The van der Waals surface area contributed by atoms with Crippen LogP contribution in [-0.4, -0.2) is 0 Å². The molecule has 0 spiro atoms. The van der Waals surface area contributed by atoms with Gasteiger partial charge in [-0.2, -0.15) is 0 Å². The Hall–Kier alpha value is -1.56. The van der Waals surface area contributed by atoms with Crippen molar-refractivity contribution in [1.82, 2.24) is 0 Å². The summed E-state index contributed by atoms with van der Waals surface area (Å²) in [5.74, 6) is 0. The Bertz CT molecular complexity index is 500. The predicted octanol–water partition coefficient (Wildman–Crippen LogP) is 4.37. The molecule has 1 aliphatic carbocycles. The molecule has 0 saturated heterocycles. The Morgan fingerprint density at radius 3 is 1.76 bits per heavy atom. The molecular weight excluding hydrogens is 204 g/mol. The first kappa shape index (κ1) is 10.6. The Morgan fingerprint density at radius 2 is 1.35 bits per heavy atom. The average molecular weight is 220 g/mol. The highest BCUT2D eigenvalue weighted by atomic mass is 14.4. The summed E-state index contributed by atoms with van der Waals surface area (Å²) >= 11 is 0. The van der Waals surface area contributed by atoms with E-state index in [-0.39, 0.29) is 5.41 Å². The van der Waals surface area contributed by atoms with E-state index in [0.717, 1.165) is 12.8 Å². The molecule has 0 aromatic heterocycles. The number of benzene rings is 2. The van der Waals surface area contributed by atoms with Crippen molar-refractivity contribution in [3.05, 3.63) is 59.7 Å². The van der Waals surface area contributed by atoms with Gasteiger partial charge in [0.2, 0.25) is 0 Å². The fourth-order valence-electron chi connectivity index (χ4n) is 3.20.